The SMILES string of the molecule is COc1ccc(C(=O)COCC2CCCCO2)cc1Br. The average Bonchev–Trinajstić information content (AvgIpc) is 2.48. The van der Waals surface area contributed by atoms with Gasteiger partial charge in [0.1, 0.15) is 12.4 Å². The fraction of sp³-hybridized carbons (Fsp3) is 0.533. The van der Waals surface area contributed by atoms with E-state index in [2.05, 4.69) is 15.9 Å². The summed E-state index contributed by atoms with van der Waals surface area (Å²) in [6.07, 6.45) is 3.45. The highest BCUT2D eigenvalue weighted by atomic mass is 79.9. The van der Waals surface area contributed by atoms with Crippen LogP contribution in [0.3, 0.4) is 0 Å². The molecule has 0 radical (unpaired) electrons. The van der Waals surface area contributed by atoms with Crippen LogP contribution in [0.15, 0.2) is 22.7 Å². The molecule has 0 aromatic heterocycles. The lowest BCUT2D eigenvalue weighted by molar-refractivity contribution is -0.0370. The van der Waals surface area contributed by atoms with Crippen LogP contribution in [-0.4, -0.2) is 38.8 Å². The summed E-state index contributed by atoms with van der Waals surface area (Å²) in [5, 5.41) is 0. The molecule has 1 aromatic carbocycles. The van der Waals surface area contributed by atoms with Gasteiger partial charge in [-0.15, -0.1) is 0 Å². The van der Waals surface area contributed by atoms with Crippen molar-refractivity contribution in [3.8, 4) is 5.75 Å². The third-order valence-electron chi connectivity index (χ3n) is 3.28. The minimum Gasteiger partial charge on any atom is -0.496 e. The largest absolute Gasteiger partial charge is 0.496 e. The minimum atomic E-state index is -0.0378. The topological polar surface area (TPSA) is 44.8 Å². The molecule has 5 heteroatoms. The van der Waals surface area contributed by atoms with Gasteiger partial charge >= 0.3 is 0 Å². The van der Waals surface area contributed by atoms with Crippen molar-refractivity contribution in [3.63, 3.8) is 0 Å². The van der Waals surface area contributed by atoms with Gasteiger partial charge in [0.25, 0.3) is 0 Å². The normalized spacial score (nSPS) is 18.8. The van der Waals surface area contributed by atoms with E-state index in [0.29, 0.717) is 17.9 Å². The summed E-state index contributed by atoms with van der Waals surface area (Å²) in [7, 11) is 1.59. The Morgan fingerprint density at radius 1 is 1.45 bits per heavy atom. The second-order valence-electron chi connectivity index (χ2n) is 4.78. The molecule has 0 saturated carbocycles. The molecule has 20 heavy (non-hydrogen) atoms. The van der Waals surface area contributed by atoms with Crippen molar-refractivity contribution in [1.29, 1.82) is 0 Å². The second-order valence-corrected chi connectivity index (χ2v) is 5.63. The lowest BCUT2D eigenvalue weighted by Gasteiger charge is -2.22. The Morgan fingerprint density at radius 2 is 2.30 bits per heavy atom. The number of methoxy groups -OCH3 is 1. The van der Waals surface area contributed by atoms with Gasteiger partial charge in [-0.25, -0.2) is 0 Å². The standard InChI is InChI=1S/C15H19BrO4/c1-18-15-6-5-11(8-13(15)16)14(17)10-19-9-12-4-2-3-7-20-12/h5-6,8,12H,2-4,7,9-10H2,1H3. The molecule has 1 aliphatic heterocycles. The Hall–Kier alpha value is -0.910. The van der Waals surface area contributed by atoms with Crippen molar-refractivity contribution >= 4 is 21.7 Å². The van der Waals surface area contributed by atoms with E-state index in [9.17, 15) is 4.79 Å². The fourth-order valence-corrected chi connectivity index (χ4v) is 2.69. The lowest BCUT2D eigenvalue weighted by Crippen LogP contribution is -2.25. The quantitative estimate of drug-likeness (QED) is 0.744. The summed E-state index contributed by atoms with van der Waals surface area (Å²) < 4.78 is 16.9. The van der Waals surface area contributed by atoms with E-state index in [-0.39, 0.29) is 18.5 Å². The van der Waals surface area contributed by atoms with Gasteiger partial charge in [-0.05, 0) is 53.4 Å². The zero-order valence-corrected chi connectivity index (χ0v) is 13.1. The molecule has 1 saturated heterocycles. The van der Waals surface area contributed by atoms with Crippen molar-refractivity contribution in [2.45, 2.75) is 25.4 Å². The van der Waals surface area contributed by atoms with Crippen LogP contribution in [-0.2, 0) is 9.47 Å². The highest BCUT2D eigenvalue weighted by Crippen LogP contribution is 2.25. The summed E-state index contributed by atoms with van der Waals surface area (Å²) >= 11 is 3.37. The molecule has 0 N–H and O–H groups in total. The maximum Gasteiger partial charge on any atom is 0.188 e. The number of rotatable bonds is 6. The van der Waals surface area contributed by atoms with Gasteiger partial charge in [-0.2, -0.15) is 0 Å². The van der Waals surface area contributed by atoms with Gasteiger partial charge in [0, 0.05) is 12.2 Å². The summed E-state index contributed by atoms with van der Waals surface area (Å²) in [6.45, 7) is 1.37. The molecule has 2 rings (SSSR count). The van der Waals surface area contributed by atoms with Crippen LogP contribution in [0.25, 0.3) is 0 Å². The zero-order chi connectivity index (χ0) is 14.4. The molecular formula is C15H19BrO4. The number of hydrogen-bond donors (Lipinski definition) is 0. The number of carbonyl (C=O) groups is 1. The number of benzene rings is 1. The van der Waals surface area contributed by atoms with Gasteiger partial charge in [-0.3, -0.25) is 4.79 Å². The Labute approximate surface area is 127 Å². The van der Waals surface area contributed by atoms with Crippen molar-refractivity contribution in [2.75, 3.05) is 26.9 Å². The first-order chi connectivity index (χ1) is 9.70. The van der Waals surface area contributed by atoms with Crippen LogP contribution >= 0.6 is 15.9 Å². The molecule has 4 nitrogen and oxygen atoms in total. The number of ketones is 1. The summed E-state index contributed by atoms with van der Waals surface area (Å²) in [6, 6.07) is 5.26. The molecule has 110 valence electrons. The van der Waals surface area contributed by atoms with E-state index in [4.69, 9.17) is 14.2 Å². The van der Waals surface area contributed by atoms with Gasteiger partial charge in [0.15, 0.2) is 5.78 Å². The molecule has 1 unspecified atom stereocenters. The Bertz CT molecular complexity index is 455. The highest BCUT2D eigenvalue weighted by molar-refractivity contribution is 9.10. The van der Waals surface area contributed by atoms with Crippen molar-refractivity contribution in [2.24, 2.45) is 0 Å². The molecule has 1 atom stereocenters. The fourth-order valence-electron chi connectivity index (χ4n) is 2.15. The maximum absolute atomic E-state index is 12.0. The molecule has 0 bridgehead atoms. The third kappa shape index (κ3) is 4.30. The van der Waals surface area contributed by atoms with Crippen LogP contribution in [0.4, 0.5) is 0 Å². The van der Waals surface area contributed by atoms with Crippen molar-refractivity contribution in [1.82, 2.24) is 0 Å². The Kier molecular flexibility index (Phi) is 6.01. The molecular weight excluding hydrogens is 324 g/mol. The number of hydrogen-bond acceptors (Lipinski definition) is 4. The van der Waals surface area contributed by atoms with Gasteiger partial charge < -0.3 is 14.2 Å². The molecule has 1 heterocycles. The number of carbonyl (C=O) groups excluding carboxylic acids is 1. The third-order valence-corrected chi connectivity index (χ3v) is 3.90. The van der Waals surface area contributed by atoms with E-state index in [0.717, 1.165) is 23.9 Å². The van der Waals surface area contributed by atoms with Crippen LogP contribution in [0, 0.1) is 0 Å². The lowest BCUT2D eigenvalue weighted by atomic mass is 10.1. The zero-order valence-electron chi connectivity index (χ0n) is 11.6. The first kappa shape index (κ1) is 15.5. The summed E-state index contributed by atoms with van der Waals surface area (Å²) in [5.41, 5.74) is 0.613. The molecule has 1 fully saturated rings. The van der Waals surface area contributed by atoms with Crippen LogP contribution in [0.1, 0.15) is 29.6 Å². The average molecular weight is 343 g/mol. The van der Waals surface area contributed by atoms with E-state index in [1.54, 1.807) is 25.3 Å². The molecule has 1 aromatic rings. The number of halogens is 1. The first-order valence-electron chi connectivity index (χ1n) is 6.77. The highest BCUT2D eigenvalue weighted by Gasteiger charge is 2.15. The number of ether oxygens (including phenoxy) is 3. The maximum atomic E-state index is 12.0. The number of Topliss-reactive ketones (excluding diaryl/α,β-unsaturated/α-hetero) is 1. The van der Waals surface area contributed by atoms with Crippen LogP contribution < -0.4 is 4.74 Å². The van der Waals surface area contributed by atoms with E-state index >= 15 is 0 Å². The summed E-state index contributed by atoms with van der Waals surface area (Å²) in [5.74, 6) is 0.669. The van der Waals surface area contributed by atoms with Crippen LogP contribution in [0.5, 0.6) is 5.75 Å². The van der Waals surface area contributed by atoms with Gasteiger partial charge in [0.05, 0.1) is 24.3 Å². The van der Waals surface area contributed by atoms with Crippen molar-refractivity contribution in [3.05, 3.63) is 28.2 Å². The molecule has 0 amide bonds. The predicted octanol–water partition coefficient (Wildman–Crippen LogP) is 3.23. The molecule has 1 aliphatic rings. The first-order valence-corrected chi connectivity index (χ1v) is 7.56. The smallest absolute Gasteiger partial charge is 0.188 e. The van der Waals surface area contributed by atoms with E-state index < -0.39 is 0 Å². The van der Waals surface area contributed by atoms with Crippen molar-refractivity contribution < 1.29 is 19.0 Å². The minimum absolute atomic E-state index is 0.0378. The predicted molar refractivity (Wildman–Crippen MR) is 79.4 cm³/mol. The monoisotopic (exact) mass is 342 g/mol. The Balaban J connectivity index is 1.80. The molecule has 0 spiro atoms. The van der Waals surface area contributed by atoms with Gasteiger partial charge in [0.2, 0.25) is 0 Å². The van der Waals surface area contributed by atoms with Crippen LogP contribution in [0.2, 0.25) is 0 Å². The second kappa shape index (κ2) is 7.76. The Morgan fingerprint density at radius 3 is 2.95 bits per heavy atom. The van der Waals surface area contributed by atoms with Gasteiger partial charge in [-0.1, -0.05) is 0 Å². The summed E-state index contributed by atoms with van der Waals surface area (Å²) in [4.78, 5) is 12.0. The van der Waals surface area contributed by atoms with E-state index in [1.165, 1.54) is 6.42 Å². The van der Waals surface area contributed by atoms with E-state index in [1.807, 2.05) is 0 Å². The molecule has 0 aliphatic carbocycles.